The van der Waals surface area contributed by atoms with E-state index < -0.39 is 6.17 Å². The Morgan fingerprint density at radius 3 is 2.68 bits per heavy atom. The lowest BCUT2D eigenvalue weighted by molar-refractivity contribution is -0.761. The normalized spacial score (nSPS) is 14.7. The Bertz CT molecular complexity index is 1250. The van der Waals surface area contributed by atoms with Gasteiger partial charge in [0.1, 0.15) is 5.75 Å². The van der Waals surface area contributed by atoms with Crippen molar-refractivity contribution in [2.24, 2.45) is 0 Å². The number of para-hydroxylation sites is 1. The number of hydrogen-bond donors (Lipinski definition) is 1. The third kappa shape index (κ3) is 4.92. The second-order valence-electron chi connectivity index (χ2n) is 8.06. The third-order valence-corrected chi connectivity index (χ3v) is 6.65. The van der Waals surface area contributed by atoms with E-state index in [1.54, 1.807) is 16.7 Å². The highest BCUT2D eigenvalue weighted by molar-refractivity contribution is 7.99. The third-order valence-electron chi connectivity index (χ3n) is 5.70. The maximum atomic E-state index is 13.2. The van der Waals surface area contributed by atoms with E-state index >= 15 is 0 Å². The van der Waals surface area contributed by atoms with E-state index in [4.69, 9.17) is 9.84 Å². The molecule has 0 fully saturated rings. The van der Waals surface area contributed by atoms with E-state index in [1.165, 1.54) is 18.7 Å². The number of aromatic amines is 1. The van der Waals surface area contributed by atoms with Gasteiger partial charge in [-0.25, -0.2) is 4.90 Å². The molecule has 0 spiro atoms. The topological polar surface area (TPSA) is 79.2 Å². The highest BCUT2D eigenvalue weighted by Crippen LogP contribution is 2.35. The molecule has 1 amide bonds. The number of thioether (sulfide) groups is 1. The Morgan fingerprint density at radius 1 is 1.21 bits per heavy atom. The van der Waals surface area contributed by atoms with Crippen molar-refractivity contribution in [3.05, 3.63) is 70.5 Å². The SMILES string of the molecule is CCCCCSc1n[n+]2c(c(=O)[nH]1)-c1ccccc1N(C(C)=O)C2/C=C/c1ccc(OC)cc1. The number of H-pyrrole nitrogens is 1. The monoisotopic (exact) mass is 477 g/mol. The summed E-state index contributed by atoms with van der Waals surface area (Å²) in [4.78, 5) is 30.7. The van der Waals surface area contributed by atoms with Gasteiger partial charge in [0, 0.05) is 23.9 Å². The molecule has 1 atom stereocenters. The summed E-state index contributed by atoms with van der Waals surface area (Å²) in [5.41, 5.74) is 2.55. The first-order valence-corrected chi connectivity index (χ1v) is 12.4. The van der Waals surface area contributed by atoms with Crippen molar-refractivity contribution in [1.29, 1.82) is 0 Å². The van der Waals surface area contributed by atoms with Crippen molar-refractivity contribution >= 4 is 29.4 Å². The van der Waals surface area contributed by atoms with Crippen LogP contribution < -0.4 is 19.9 Å². The number of carbonyl (C=O) groups excluding carboxylic acids is 1. The van der Waals surface area contributed by atoms with Crippen LogP contribution in [0.2, 0.25) is 0 Å². The van der Waals surface area contributed by atoms with Gasteiger partial charge in [-0.1, -0.05) is 61.9 Å². The molecule has 1 aliphatic heterocycles. The average molecular weight is 478 g/mol. The van der Waals surface area contributed by atoms with Crippen LogP contribution in [0.25, 0.3) is 17.3 Å². The van der Waals surface area contributed by atoms with Crippen LogP contribution in [-0.2, 0) is 4.79 Å². The number of fused-ring (bicyclic) bond motifs is 3. The molecule has 1 aromatic heterocycles. The number of methoxy groups -OCH3 is 1. The summed E-state index contributed by atoms with van der Waals surface area (Å²) in [7, 11) is 1.63. The van der Waals surface area contributed by atoms with Gasteiger partial charge in [-0.15, -0.1) is 0 Å². The molecule has 176 valence electrons. The Labute approximate surface area is 203 Å². The molecule has 4 rings (SSSR count). The van der Waals surface area contributed by atoms with Gasteiger partial charge >= 0.3 is 11.3 Å². The fraction of sp³-hybridized carbons (Fsp3) is 0.308. The standard InChI is InChI=1S/C26H28N4O3S/c1-4-5-8-17-34-26-27-25(32)24-21-9-6-7-10-22(21)29(18(2)31)23(30(24)28-26)16-13-19-11-14-20(33-3)15-12-19/h6-7,9-16,23H,4-5,8,17H2,1-3H3/p+1/b16-13+. The zero-order valence-electron chi connectivity index (χ0n) is 19.7. The smallest absolute Gasteiger partial charge is 0.325 e. The summed E-state index contributed by atoms with van der Waals surface area (Å²) in [6.45, 7) is 3.69. The zero-order valence-corrected chi connectivity index (χ0v) is 20.5. The second-order valence-corrected chi connectivity index (χ2v) is 9.14. The molecular weight excluding hydrogens is 448 g/mol. The number of unbranched alkanes of at least 4 members (excludes halogenated alkanes) is 2. The van der Waals surface area contributed by atoms with Crippen LogP contribution in [-0.4, -0.2) is 28.9 Å². The molecular formula is C26H29N4O3S+. The Morgan fingerprint density at radius 2 is 1.97 bits per heavy atom. The number of aromatic nitrogens is 3. The number of carbonyl (C=O) groups is 1. The number of nitrogens with one attached hydrogen (secondary N) is 1. The van der Waals surface area contributed by atoms with E-state index in [9.17, 15) is 9.59 Å². The molecule has 0 saturated heterocycles. The summed E-state index contributed by atoms with van der Waals surface area (Å²) in [5, 5.41) is 5.33. The van der Waals surface area contributed by atoms with Crippen molar-refractivity contribution in [3.8, 4) is 17.0 Å². The summed E-state index contributed by atoms with van der Waals surface area (Å²) in [6, 6.07) is 15.1. The van der Waals surface area contributed by atoms with Gasteiger partial charge in [0.2, 0.25) is 11.1 Å². The molecule has 0 aliphatic carbocycles. The number of amides is 1. The van der Waals surface area contributed by atoms with E-state index in [1.807, 2.05) is 60.7 Å². The van der Waals surface area contributed by atoms with Gasteiger partial charge in [0.05, 0.1) is 18.4 Å². The van der Waals surface area contributed by atoms with Gasteiger partial charge in [0.25, 0.3) is 6.17 Å². The van der Waals surface area contributed by atoms with E-state index in [0.29, 0.717) is 22.1 Å². The molecule has 1 unspecified atom stereocenters. The minimum Gasteiger partial charge on any atom is -0.497 e. The largest absolute Gasteiger partial charge is 0.497 e. The molecule has 7 nitrogen and oxygen atoms in total. The fourth-order valence-corrected chi connectivity index (χ4v) is 4.88. The van der Waals surface area contributed by atoms with Crippen LogP contribution in [0.3, 0.4) is 0 Å². The van der Waals surface area contributed by atoms with Gasteiger partial charge in [0.15, 0.2) is 0 Å². The first kappa shape index (κ1) is 23.8. The second kappa shape index (κ2) is 10.7. The Hall–Kier alpha value is -3.39. The molecule has 2 heterocycles. The highest BCUT2D eigenvalue weighted by Gasteiger charge is 2.42. The van der Waals surface area contributed by atoms with Crippen LogP contribution >= 0.6 is 11.8 Å². The molecule has 8 heteroatoms. The lowest BCUT2D eigenvalue weighted by Crippen LogP contribution is -2.59. The summed E-state index contributed by atoms with van der Waals surface area (Å²) in [6.07, 6.45) is 6.57. The molecule has 1 N–H and O–H groups in total. The number of hydrogen-bond acceptors (Lipinski definition) is 5. The van der Waals surface area contributed by atoms with Crippen LogP contribution in [0.4, 0.5) is 5.69 Å². The number of rotatable bonds is 8. The van der Waals surface area contributed by atoms with Crippen molar-refractivity contribution in [2.75, 3.05) is 17.8 Å². The summed E-state index contributed by atoms with van der Waals surface area (Å²) >= 11 is 1.53. The molecule has 0 bridgehead atoms. The lowest BCUT2D eigenvalue weighted by Gasteiger charge is -2.29. The van der Waals surface area contributed by atoms with Crippen LogP contribution in [0.15, 0.2) is 64.6 Å². The first-order valence-electron chi connectivity index (χ1n) is 11.4. The zero-order chi connectivity index (χ0) is 24.1. The maximum absolute atomic E-state index is 13.2. The van der Waals surface area contributed by atoms with Crippen LogP contribution in [0, 0.1) is 0 Å². The predicted octanol–water partition coefficient (Wildman–Crippen LogP) is 4.59. The molecule has 1 aliphatic rings. The van der Waals surface area contributed by atoms with Crippen molar-refractivity contribution in [1.82, 2.24) is 10.1 Å². The van der Waals surface area contributed by atoms with Crippen molar-refractivity contribution < 1.29 is 14.2 Å². The summed E-state index contributed by atoms with van der Waals surface area (Å²) < 4.78 is 6.91. The number of ether oxygens (including phenoxy) is 1. The van der Waals surface area contributed by atoms with Crippen LogP contribution in [0.1, 0.15) is 44.8 Å². The minimum atomic E-state index is -0.582. The Kier molecular flexibility index (Phi) is 7.47. The molecule has 0 radical (unpaired) electrons. The maximum Gasteiger partial charge on any atom is 0.325 e. The van der Waals surface area contributed by atoms with E-state index in [-0.39, 0.29) is 11.5 Å². The van der Waals surface area contributed by atoms with Crippen LogP contribution in [0.5, 0.6) is 5.75 Å². The number of anilines is 1. The fourth-order valence-electron chi connectivity index (χ4n) is 4.03. The predicted molar refractivity (Wildman–Crippen MR) is 135 cm³/mol. The molecule has 34 heavy (non-hydrogen) atoms. The average Bonchev–Trinajstić information content (AvgIpc) is 2.85. The quantitative estimate of drug-likeness (QED) is 0.292. The van der Waals surface area contributed by atoms with E-state index in [0.717, 1.165) is 36.3 Å². The molecule has 0 saturated carbocycles. The molecule has 2 aromatic carbocycles. The molecule has 3 aromatic rings. The first-order chi connectivity index (χ1) is 16.5. The summed E-state index contributed by atoms with van der Waals surface area (Å²) in [5.74, 6) is 1.51. The highest BCUT2D eigenvalue weighted by atomic mass is 32.2. The lowest BCUT2D eigenvalue weighted by atomic mass is 10.0. The van der Waals surface area contributed by atoms with Gasteiger partial charge in [-0.3, -0.25) is 14.6 Å². The Balaban J connectivity index is 1.80. The number of nitrogens with zero attached hydrogens (tertiary/aromatic N) is 3. The van der Waals surface area contributed by atoms with Crippen molar-refractivity contribution in [3.63, 3.8) is 0 Å². The van der Waals surface area contributed by atoms with E-state index in [2.05, 4.69) is 11.9 Å². The van der Waals surface area contributed by atoms with Gasteiger partial charge in [-0.2, -0.15) is 0 Å². The van der Waals surface area contributed by atoms with Gasteiger partial charge in [-0.05, 0) is 40.9 Å². The van der Waals surface area contributed by atoms with Crippen molar-refractivity contribution in [2.45, 2.75) is 44.4 Å². The minimum absolute atomic E-state index is 0.130. The number of benzene rings is 2. The van der Waals surface area contributed by atoms with Gasteiger partial charge < -0.3 is 4.74 Å².